The number of hydrogen-bond acceptors (Lipinski definition) is 5. The molecule has 3 N–H and O–H groups in total. The Hall–Kier alpha value is -0.920. The molecule has 1 unspecified atom stereocenters. The van der Waals surface area contributed by atoms with Crippen LogP contribution in [0.3, 0.4) is 0 Å². The van der Waals surface area contributed by atoms with Gasteiger partial charge in [0.25, 0.3) is 0 Å². The van der Waals surface area contributed by atoms with Crippen molar-refractivity contribution in [3.05, 3.63) is 29.0 Å². The van der Waals surface area contributed by atoms with Gasteiger partial charge in [-0.2, -0.15) is 0 Å². The normalized spacial score (nSPS) is 19.0. The molecule has 1 aromatic rings. The third-order valence-corrected chi connectivity index (χ3v) is 3.52. The van der Waals surface area contributed by atoms with Crippen molar-refractivity contribution in [3.63, 3.8) is 0 Å². The van der Waals surface area contributed by atoms with Gasteiger partial charge in [-0.05, 0) is 12.1 Å². The maximum absolute atomic E-state index is 13.2. The van der Waals surface area contributed by atoms with Crippen LogP contribution >= 0.6 is 11.6 Å². The molecule has 0 aliphatic carbocycles. The molecule has 1 aliphatic heterocycles. The van der Waals surface area contributed by atoms with Crippen molar-refractivity contribution in [1.29, 1.82) is 0 Å². The lowest BCUT2D eigenvalue weighted by molar-refractivity contribution is 0.0460. The average Bonchev–Trinajstić information content (AvgIpc) is 2.43. The molecule has 0 saturated carbocycles. The summed E-state index contributed by atoms with van der Waals surface area (Å²) >= 11 is 5.58. The minimum Gasteiger partial charge on any atom is -0.491 e. The number of hydrogen-bond donors (Lipinski definition) is 2. The van der Waals surface area contributed by atoms with Gasteiger partial charge in [0.2, 0.25) is 0 Å². The number of rotatable bonds is 5. The molecule has 1 aliphatic rings. The second kappa shape index (κ2) is 7.19. The maximum Gasteiger partial charge on any atom is 0.145 e. The van der Waals surface area contributed by atoms with Gasteiger partial charge in [-0.3, -0.25) is 10.7 Å². The van der Waals surface area contributed by atoms with E-state index in [9.17, 15) is 9.50 Å². The quantitative estimate of drug-likeness (QED) is 0.785. The van der Waals surface area contributed by atoms with E-state index in [0.29, 0.717) is 12.3 Å². The standard InChI is InChI=1S/C13H19ClFN3O2/c14-12-2-1-11(7-13(12)15)20-9-10(19)8-17-3-5-18(16)6-4-17/h1-2,7,10,19H,3-6,8-9,16H2. The smallest absolute Gasteiger partial charge is 0.145 e. The van der Waals surface area contributed by atoms with E-state index in [1.54, 1.807) is 11.1 Å². The molecule has 0 amide bonds. The molecule has 7 heteroatoms. The van der Waals surface area contributed by atoms with Gasteiger partial charge in [0.1, 0.15) is 24.3 Å². The SMILES string of the molecule is NN1CCN(CC(O)COc2ccc(Cl)c(F)c2)CC1. The highest BCUT2D eigenvalue weighted by Gasteiger charge is 2.17. The van der Waals surface area contributed by atoms with Crippen LogP contribution in [0.5, 0.6) is 5.75 Å². The third kappa shape index (κ3) is 4.57. The lowest BCUT2D eigenvalue weighted by Gasteiger charge is -2.33. The van der Waals surface area contributed by atoms with Crippen LogP contribution in [0.1, 0.15) is 0 Å². The summed E-state index contributed by atoms with van der Waals surface area (Å²) in [6, 6.07) is 4.21. The number of β-amino-alcohol motifs (C(OH)–C–C–N with tert-alkyl or cyclic N) is 1. The second-order valence-corrected chi connectivity index (χ2v) is 5.28. The van der Waals surface area contributed by atoms with E-state index in [4.69, 9.17) is 22.2 Å². The van der Waals surface area contributed by atoms with Gasteiger partial charge in [-0.15, -0.1) is 0 Å². The molecular formula is C13H19ClFN3O2. The zero-order valence-corrected chi connectivity index (χ0v) is 11.9. The molecule has 0 spiro atoms. The van der Waals surface area contributed by atoms with Crippen LogP contribution in [0.15, 0.2) is 18.2 Å². The number of halogens is 2. The first-order chi connectivity index (χ1) is 9.54. The first-order valence-electron chi connectivity index (χ1n) is 6.52. The summed E-state index contributed by atoms with van der Waals surface area (Å²) in [6.45, 7) is 3.85. The minimum absolute atomic E-state index is 0.0533. The second-order valence-electron chi connectivity index (χ2n) is 4.88. The maximum atomic E-state index is 13.2. The summed E-state index contributed by atoms with van der Waals surface area (Å²) in [5, 5.41) is 11.7. The predicted molar refractivity (Wildman–Crippen MR) is 75.1 cm³/mol. The minimum atomic E-state index is -0.627. The van der Waals surface area contributed by atoms with E-state index in [-0.39, 0.29) is 11.6 Å². The van der Waals surface area contributed by atoms with Crippen molar-refractivity contribution in [1.82, 2.24) is 9.91 Å². The Kier molecular flexibility index (Phi) is 5.56. The van der Waals surface area contributed by atoms with E-state index in [1.807, 2.05) is 0 Å². The van der Waals surface area contributed by atoms with E-state index in [2.05, 4.69) is 4.90 Å². The van der Waals surface area contributed by atoms with Crippen LogP contribution < -0.4 is 10.6 Å². The average molecular weight is 304 g/mol. The van der Waals surface area contributed by atoms with Crippen molar-refractivity contribution in [2.45, 2.75) is 6.10 Å². The van der Waals surface area contributed by atoms with E-state index >= 15 is 0 Å². The summed E-state index contributed by atoms with van der Waals surface area (Å²) in [6.07, 6.45) is -0.627. The van der Waals surface area contributed by atoms with E-state index in [0.717, 1.165) is 26.2 Å². The van der Waals surface area contributed by atoms with Crippen LogP contribution in [-0.4, -0.2) is 60.4 Å². The van der Waals surface area contributed by atoms with Crippen molar-refractivity contribution in [3.8, 4) is 5.75 Å². The molecule has 5 nitrogen and oxygen atoms in total. The van der Waals surface area contributed by atoms with Crippen LogP contribution in [0.25, 0.3) is 0 Å². The number of ether oxygens (including phenoxy) is 1. The molecule has 0 aromatic heterocycles. The molecule has 0 bridgehead atoms. The van der Waals surface area contributed by atoms with Crippen LogP contribution in [0.2, 0.25) is 5.02 Å². The molecule has 1 saturated heterocycles. The highest BCUT2D eigenvalue weighted by molar-refractivity contribution is 6.30. The Labute approximate surface area is 122 Å². The first-order valence-corrected chi connectivity index (χ1v) is 6.90. The summed E-state index contributed by atoms with van der Waals surface area (Å²) < 4.78 is 18.6. The number of nitrogens with two attached hydrogens (primary N) is 1. The number of aliphatic hydroxyl groups excluding tert-OH is 1. The number of benzene rings is 1. The molecule has 1 heterocycles. The molecule has 1 fully saturated rings. The Morgan fingerprint density at radius 1 is 1.35 bits per heavy atom. The lowest BCUT2D eigenvalue weighted by atomic mass is 10.3. The van der Waals surface area contributed by atoms with Crippen LogP contribution in [0, 0.1) is 5.82 Å². The Morgan fingerprint density at radius 3 is 2.70 bits per heavy atom. The Balaban J connectivity index is 1.74. The fourth-order valence-electron chi connectivity index (χ4n) is 2.06. The van der Waals surface area contributed by atoms with Gasteiger partial charge < -0.3 is 9.84 Å². The number of nitrogens with zero attached hydrogens (tertiary/aromatic N) is 2. The first kappa shape index (κ1) is 15.5. The van der Waals surface area contributed by atoms with Gasteiger partial charge in [0, 0.05) is 38.8 Å². The summed E-state index contributed by atoms with van der Waals surface area (Å²) in [5.41, 5.74) is 0. The molecule has 1 aromatic carbocycles. The number of piperazine rings is 1. The fraction of sp³-hybridized carbons (Fsp3) is 0.538. The lowest BCUT2D eigenvalue weighted by Crippen LogP contribution is -2.51. The van der Waals surface area contributed by atoms with E-state index in [1.165, 1.54) is 12.1 Å². The zero-order valence-electron chi connectivity index (χ0n) is 11.1. The van der Waals surface area contributed by atoms with Crippen molar-refractivity contribution >= 4 is 11.6 Å². The Morgan fingerprint density at radius 2 is 2.05 bits per heavy atom. The van der Waals surface area contributed by atoms with Crippen LogP contribution in [0.4, 0.5) is 4.39 Å². The van der Waals surface area contributed by atoms with E-state index < -0.39 is 11.9 Å². The van der Waals surface area contributed by atoms with Crippen molar-refractivity contribution in [2.24, 2.45) is 5.84 Å². The highest BCUT2D eigenvalue weighted by Crippen LogP contribution is 2.20. The molecular weight excluding hydrogens is 285 g/mol. The van der Waals surface area contributed by atoms with Gasteiger partial charge in [0.05, 0.1) is 5.02 Å². The molecule has 20 heavy (non-hydrogen) atoms. The Bertz CT molecular complexity index is 442. The molecule has 112 valence electrons. The number of aliphatic hydroxyl groups is 1. The van der Waals surface area contributed by atoms with Crippen LogP contribution in [-0.2, 0) is 0 Å². The predicted octanol–water partition coefficient (Wildman–Crippen LogP) is 0.710. The van der Waals surface area contributed by atoms with Crippen molar-refractivity contribution in [2.75, 3.05) is 39.3 Å². The molecule has 0 radical (unpaired) electrons. The summed E-state index contributed by atoms with van der Waals surface area (Å²) in [5.74, 6) is 5.49. The largest absolute Gasteiger partial charge is 0.491 e. The number of hydrazine groups is 1. The monoisotopic (exact) mass is 303 g/mol. The zero-order chi connectivity index (χ0) is 14.5. The third-order valence-electron chi connectivity index (χ3n) is 3.21. The fourth-order valence-corrected chi connectivity index (χ4v) is 2.17. The molecule has 2 rings (SSSR count). The van der Waals surface area contributed by atoms with Gasteiger partial charge in [-0.25, -0.2) is 9.40 Å². The molecule has 1 atom stereocenters. The summed E-state index contributed by atoms with van der Waals surface area (Å²) in [4.78, 5) is 2.12. The van der Waals surface area contributed by atoms with Gasteiger partial charge in [0.15, 0.2) is 0 Å². The van der Waals surface area contributed by atoms with Crippen molar-refractivity contribution < 1.29 is 14.2 Å². The topological polar surface area (TPSA) is 62.0 Å². The highest BCUT2D eigenvalue weighted by atomic mass is 35.5. The summed E-state index contributed by atoms with van der Waals surface area (Å²) in [7, 11) is 0. The van der Waals surface area contributed by atoms with Gasteiger partial charge >= 0.3 is 0 Å². The van der Waals surface area contributed by atoms with Gasteiger partial charge in [-0.1, -0.05) is 11.6 Å².